The number of fused-ring (bicyclic) bond motifs is 1. The molecule has 1 saturated heterocycles. The Kier molecular flexibility index (Phi) is 3.71. The third kappa shape index (κ3) is 2.28. The van der Waals surface area contributed by atoms with Crippen LogP contribution in [0.2, 0.25) is 0 Å². The lowest BCUT2D eigenvalue weighted by molar-refractivity contribution is 0.556. The molecular weight excluding hydrogens is 284 g/mol. The molecule has 0 unspecified atom stereocenters. The summed E-state index contributed by atoms with van der Waals surface area (Å²) in [5.41, 5.74) is -0.204. The minimum Gasteiger partial charge on any atom is -0.342 e. The van der Waals surface area contributed by atoms with Crippen LogP contribution in [0.3, 0.4) is 0 Å². The van der Waals surface area contributed by atoms with E-state index in [1.165, 1.54) is 11.0 Å². The highest BCUT2D eigenvalue weighted by Gasteiger charge is 2.22. The van der Waals surface area contributed by atoms with Gasteiger partial charge in [-0.05, 0) is 19.3 Å². The molecule has 0 saturated carbocycles. The summed E-state index contributed by atoms with van der Waals surface area (Å²) < 4.78 is 3.11. The van der Waals surface area contributed by atoms with Crippen molar-refractivity contribution in [2.75, 3.05) is 18.0 Å². The summed E-state index contributed by atoms with van der Waals surface area (Å²) in [5.74, 6) is 0.677. The Morgan fingerprint density at radius 2 is 2.00 bits per heavy atom. The predicted octanol–water partition coefficient (Wildman–Crippen LogP) is 0.327. The van der Waals surface area contributed by atoms with Gasteiger partial charge < -0.3 is 9.47 Å². The Morgan fingerprint density at radius 1 is 1.27 bits per heavy atom. The van der Waals surface area contributed by atoms with E-state index in [2.05, 4.69) is 20.9 Å². The van der Waals surface area contributed by atoms with E-state index in [0.29, 0.717) is 23.7 Å². The number of aryl methyl sites for hydroxylation is 2. The summed E-state index contributed by atoms with van der Waals surface area (Å²) in [6.45, 7) is 2.14. The van der Waals surface area contributed by atoms with Crippen molar-refractivity contribution in [3.8, 4) is 6.07 Å². The highest BCUT2D eigenvalue weighted by atomic mass is 16.2. The van der Waals surface area contributed by atoms with Crippen LogP contribution in [0.1, 0.15) is 25.7 Å². The molecule has 8 heteroatoms. The van der Waals surface area contributed by atoms with Gasteiger partial charge in [-0.25, -0.2) is 4.79 Å². The molecule has 0 aromatic carbocycles. The van der Waals surface area contributed by atoms with Crippen molar-refractivity contribution in [1.29, 1.82) is 5.26 Å². The van der Waals surface area contributed by atoms with Gasteiger partial charge in [0.25, 0.3) is 5.56 Å². The Labute approximate surface area is 126 Å². The highest BCUT2D eigenvalue weighted by Crippen LogP contribution is 2.23. The molecule has 0 radical (unpaired) electrons. The molecule has 1 aliphatic heterocycles. The fraction of sp³-hybridized carbons (Fsp3) is 0.571. The smallest absolute Gasteiger partial charge is 0.329 e. The molecule has 1 N–H and O–H groups in total. The number of nitrogens with one attached hydrogen (secondary N) is 1. The maximum absolute atomic E-state index is 12.2. The van der Waals surface area contributed by atoms with E-state index in [9.17, 15) is 9.59 Å². The first-order chi connectivity index (χ1) is 10.6. The number of aromatic nitrogens is 4. The highest BCUT2D eigenvalue weighted by molar-refractivity contribution is 5.74. The van der Waals surface area contributed by atoms with Crippen molar-refractivity contribution in [1.82, 2.24) is 19.1 Å². The summed E-state index contributed by atoms with van der Waals surface area (Å²) in [6.07, 6.45) is 3.63. The minimum absolute atomic E-state index is 0.286. The Balaban J connectivity index is 2.24. The first kappa shape index (κ1) is 14.4. The van der Waals surface area contributed by atoms with E-state index in [1.54, 1.807) is 11.6 Å². The van der Waals surface area contributed by atoms with Gasteiger partial charge in [0, 0.05) is 26.7 Å². The second-order valence-electron chi connectivity index (χ2n) is 5.51. The Hall–Kier alpha value is -2.56. The average Bonchev–Trinajstić information content (AvgIpc) is 2.91. The van der Waals surface area contributed by atoms with Gasteiger partial charge in [-0.1, -0.05) is 0 Å². The van der Waals surface area contributed by atoms with Gasteiger partial charge in [0.1, 0.15) is 0 Å². The number of hydrogen-bond donors (Lipinski definition) is 1. The van der Waals surface area contributed by atoms with E-state index in [1.807, 2.05) is 0 Å². The number of anilines is 1. The van der Waals surface area contributed by atoms with Gasteiger partial charge in [0.05, 0.1) is 12.5 Å². The van der Waals surface area contributed by atoms with Crippen molar-refractivity contribution >= 4 is 17.1 Å². The molecule has 22 heavy (non-hydrogen) atoms. The van der Waals surface area contributed by atoms with Crippen molar-refractivity contribution in [2.45, 2.75) is 32.2 Å². The zero-order chi connectivity index (χ0) is 15.7. The van der Waals surface area contributed by atoms with Gasteiger partial charge in [-0.15, -0.1) is 0 Å². The lowest BCUT2D eigenvalue weighted by atomic mass is 10.1. The van der Waals surface area contributed by atoms with Crippen LogP contribution in [0.4, 0.5) is 5.95 Å². The second kappa shape index (κ2) is 5.67. The molecule has 116 valence electrons. The van der Waals surface area contributed by atoms with Gasteiger partial charge in [0.2, 0.25) is 5.95 Å². The van der Waals surface area contributed by atoms with Crippen LogP contribution in [0, 0.1) is 11.3 Å². The molecule has 0 amide bonds. The molecule has 1 fully saturated rings. The standard InChI is InChI=1S/C14H18N6O2/c1-18-11-10(12(21)17-14(18)22)20(9-5-6-15)13(16-11)19-7-3-2-4-8-19/h2-5,7-9H2,1H3,(H,17,21,22). The Bertz CT molecular complexity index is 847. The number of piperidine rings is 1. The van der Waals surface area contributed by atoms with E-state index in [4.69, 9.17) is 5.26 Å². The normalized spacial score (nSPS) is 15.2. The molecule has 0 bridgehead atoms. The zero-order valence-corrected chi connectivity index (χ0v) is 12.5. The van der Waals surface area contributed by atoms with Crippen LogP contribution in [0.25, 0.3) is 11.2 Å². The van der Waals surface area contributed by atoms with Crippen LogP contribution in [-0.2, 0) is 13.6 Å². The number of aromatic amines is 1. The van der Waals surface area contributed by atoms with Gasteiger partial charge in [0.15, 0.2) is 11.2 Å². The van der Waals surface area contributed by atoms with Crippen LogP contribution < -0.4 is 16.1 Å². The van der Waals surface area contributed by atoms with E-state index in [0.717, 1.165) is 25.9 Å². The van der Waals surface area contributed by atoms with Gasteiger partial charge in [-0.2, -0.15) is 10.2 Å². The zero-order valence-electron chi connectivity index (χ0n) is 12.5. The summed E-state index contributed by atoms with van der Waals surface area (Å²) in [7, 11) is 1.59. The second-order valence-corrected chi connectivity index (χ2v) is 5.51. The first-order valence-electron chi connectivity index (χ1n) is 7.45. The lowest BCUT2D eigenvalue weighted by Crippen LogP contribution is -2.32. The molecule has 0 aliphatic carbocycles. The molecule has 8 nitrogen and oxygen atoms in total. The minimum atomic E-state index is -0.479. The maximum atomic E-state index is 12.2. The number of hydrogen-bond acceptors (Lipinski definition) is 5. The van der Waals surface area contributed by atoms with Crippen LogP contribution >= 0.6 is 0 Å². The molecule has 0 atom stereocenters. The fourth-order valence-electron chi connectivity index (χ4n) is 2.93. The molecule has 2 aromatic heterocycles. The lowest BCUT2D eigenvalue weighted by Gasteiger charge is -2.28. The quantitative estimate of drug-likeness (QED) is 0.880. The van der Waals surface area contributed by atoms with E-state index < -0.39 is 11.2 Å². The molecule has 2 aromatic rings. The topological polar surface area (TPSA) is 99.7 Å². The van der Waals surface area contributed by atoms with E-state index >= 15 is 0 Å². The van der Waals surface area contributed by atoms with Crippen molar-refractivity contribution in [2.24, 2.45) is 7.05 Å². The third-order valence-corrected chi connectivity index (χ3v) is 4.07. The maximum Gasteiger partial charge on any atom is 0.329 e. The molecular formula is C14H18N6O2. The van der Waals surface area contributed by atoms with Crippen LogP contribution in [0.15, 0.2) is 9.59 Å². The number of imidazole rings is 1. The summed E-state index contributed by atoms with van der Waals surface area (Å²) in [6, 6.07) is 2.10. The molecule has 1 aliphatic rings. The van der Waals surface area contributed by atoms with Crippen molar-refractivity contribution in [3.05, 3.63) is 20.8 Å². The predicted molar refractivity (Wildman–Crippen MR) is 81.9 cm³/mol. The molecule has 3 rings (SSSR count). The van der Waals surface area contributed by atoms with Gasteiger partial charge >= 0.3 is 5.69 Å². The van der Waals surface area contributed by atoms with Crippen LogP contribution in [-0.4, -0.2) is 32.2 Å². The SMILES string of the molecule is Cn1c(=O)[nH]c(=O)c2c1nc(N1CCCCC1)n2CCC#N. The summed E-state index contributed by atoms with van der Waals surface area (Å²) in [4.78, 5) is 32.9. The number of nitriles is 1. The summed E-state index contributed by atoms with van der Waals surface area (Å²) in [5, 5.41) is 8.87. The number of H-pyrrole nitrogens is 1. The largest absolute Gasteiger partial charge is 0.342 e. The molecule has 3 heterocycles. The van der Waals surface area contributed by atoms with E-state index in [-0.39, 0.29) is 6.42 Å². The van der Waals surface area contributed by atoms with Crippen LogP contribution in [0.5, 0.6) is 0 Å². The average molecular weight is 302 g/mol. The van der Waals surface area contributed by atoms with Gasteiger partial charge in [-0.3, -0.25) is 14.3 Å². The third-order valence-electron chi connectivity index (χ3n) is 4.07. The molecule has 0 spiro atoms. The monoisotopic (exact) mass is 302 g/mol. The first-order valence-corrected chi connectivity index (χ1v) is 7.45. The van der Waals surface area contributed by atoms with Crippen molar-refractivity contribution < 1.29 is 0 Å². The van der Waals surface area contributed by atoms with Crippen molar-refractivity contribution in [3.63, 3.8) is 0 Å². The number of nitrogens with zero attached hydrogens (tertiary/aromatic N) is 5. The number of rotatable bonds is 3. The Morgan fingerprint density at radius 3 is 2.68 bits per heavy atom. The summed E-state index contributed by atoms with van der Waals surface area (Å²) >= 11 is 0. The fourth-order valence-corrected chi connectivity index (χ4v) is 2.93.